The van der Waals surface area contributed by atoms with Crippen LogP contribution in [0.1, 0.15) is 0 Å². The van der Waals surface area contributed by atoms with Gasteiger partial charge in [0.05, 0.1) is 0 Å². The Morgan fingerprint density at radius 3 is 1.23 bits per heavy atom. The van der Waals surface area contributed by atoms with Crippen LogP contribution in [0, 0.1) is 34.9 Å². The molecule has 0 heterocycles. The van der Waals surface area contributed by atoms with E-state index >= 15 is 8.78 Å². The topological polar surface area (TPSA) is 0 Å². The number of rotatable bonds is 4. The van der Waals surface area contributed by atoms with Crippen molar-refractivity contribution in [3.05, 3.63) is 205 Å². The molecule has 6 heteroatoms. The van der Waals surface area contributed by atoms with Crippen LogP contribution < -0.4 is 0 Å². The van der Waals surface area contributed by atoms with Crippen LogP contribution in [0.4, 0.5) is 26.3 Å². The summed E-state index contributed by atoms with van der Waals surface area (Å²) in [6.45, 7) is 0. The Hall–Kier alpha value is -7.44. The number of hydrogen-bond donors (Lipinski definition) is 0. The first kappa shape index (κ1) is 35.7. The van der Waals surface area contributed by atoms with Crippen molar-refractivity contribution in [3.63, 3.8) is 0 Å². The van der Waals surface area contributed by atoms with Crippen LogP contribution >= 0.6 is 0 Å². The quantitative estimate of drug-likeness (QED) is 0.0721. The lowest BCUT2D eigenvalue weighted by molar-refractivity contribution is 0.447. The summed E-state index contributed by atoms with van der Waals surface area (Å²) in [5, 5.41) is 11.1. The highest BCUT2D eigenvalue weighted by molar-refractivity contribution is 6.25. The Balaban J connectivity index is 1.35. The van der Waals surface area contributed by atoms with E-state index in [-0.39, 0.29) is 11.1 Å². The maximum Gasteiger partial charge on any atom is 0.194 e. The van der Waals surface area contributed by atoms with E-state index in [9.17, 15) is 17.6 Å². The van der Waals surface area contributed by atoms with E-state index < -0.39 is 34.9 Å². The van der Waals surface area contributed by atoms with Crippen LogP contribution in [0.3, 0.4) is 0 Å². The molecule has 0 saturated heterocycles. The van der Waals surface area contributed by atoms with Gasteiger partial charge in [0, 0.05) is 0 Å². The van der Waals surface area contributed by atoms with E-state index in [0.29, 0.717) is 11.1 Å². The first-order chi connectivity index (χ1) is 29.2. The fourth-order valence-electron chi connectivity index (χ4n) is 9.07. The van der Waals surface area contributed by atoms with Gasteiger partial charge >= 0.3 is 0 Å². The summed E-state index contributed by atoms with van der Waals surface area (Å²) in [5.74, 6) is -8.28. The minimum atomic E-state index is -1.55. The van der Waals surface area contributed by atoms with Crippen molar-refractivity contribution < 1.29 is 26.3 Å². The highest BCUT2D eigenvalue weighted by Crippen LogP contribution is 2.48. The molecular formula is C54H28F6. The second-order valence-electron chi connectivity index (χ2n) is 15.2. The molecule has 0 aliphatic carbocycles. The van der Waals surface area contributed by atoms with Gasteiger partial charge in [0.25, 0.3) is 0 Å². The van der Waals surface area contributed by atoms with Gasteiger partial charge in [-0.05, 0) is 170 Å². The summed E-state index contributed by atoms with van der Waals surface area (Å²) in [4.78, 5) is 0. The monoisotopic (exact) mass is 790 g/mol. The summed E-state index contributed by atoms with van der Waals surface area (Å²) < 4.78 is 88.1. The lowest BCUT2D eigenvalue weighted by Crippen LogP contribution is -1.95. The second-order valence-corrected chi connectivity index (χ2v) is 15.2. The molecular weight excluding hydrogens is 763 g/mol. The fraction of sp³-hybridized carbons (Fsp3) is 0. The molecule has 0 amide bonds. The molecule has 0 bridgehead atoms. The average Bonchev–Trinajstić information content (AvgIpc) is 3.28. The molecule has 0 aliphatic rings. The maximum atomic E-state index is 15.1. The summed E-state index contributed by atoms with van der Waals surface area (Å²) >= 11 is 0. The molecule has 11 aromatic carbocycles. The number of hydrogen-bond acceptors (Lipinski definition) is 0. The van der Waals surface area contributed by atoms with Crippen molar-refractivity contribution in [2.45, 2.75) is 0 Å². The molecule has 0 fully saturated rings. The van der Waals surface area contributed by atoms with Gasteiger partial charge in [-0.3, -0.25) is 0 Å². The van der Waals surface area contributed by atoms with E-state index in [1.54, 1.807) is 6.07 Å². The highest BCUT2D eigenvalue weighted by atomic mass is 19.2. The largest absolute Gasteiger partial charge is 0.204 e. The molecule has 0 atom stereocenters. The number of halogens is 6. The van der Waals surface area contributed by atoms with Gasteiger partial charge < -0.3 is 0 Å². The van der Waals surface area contributed by atoms with Crippen molar-refractivity contribution in [2.24, 2.45) is 0 Å². The normalized spacial score (nSPS) is 11.8. The summed E-state index contributed by atoms with van der Waals surface area (Å²) in [6, 6.07) is 51.9. The predicted molar refractivity (Wildman–Crippen MR) is 233 cm³/mol. The zero-order valence-electron chi connectivity index (χ0n) is 31.4. The zero-order chi connectivity index (χ0) is 40.8. The summed E-state index contributed by atoms with van der Waals surface area (Å²) in [6.07, 6.45) is 0. The van der Waals surface area contributed by atoms with Crippen LogP contribution in [-0.4, -0.2) is 0 Å². The van der Waals surface area contributed by atoms with Gasteiger partial charge in [0.15, 0.2) is 34.9 Å². The Kier molecular flexibility index (Phi) is 8.07. The first-order valence-electron chi connectivity index (χ1n) is 19.4. The Morgan fingerprint density at radius 1 is 0.233 bits per heavy atom. The molecule has 0 nitrogen and oxygen atoms in total. The molecule has 286 valence electrons. The summed E-state index contributed by atoms with van der Waals surface area (Å²) in [5.41, 5.74) is 4.55. The minimum Gasteiger partial charge on any atom is -0.204 e. The summed E-state index contributed by atoms with van der Waals surface area (Å²) in [7, 11) is 0. The Labute approximate surface area is 339 Å². The minimum absolute atomic E-state index is 0.157. The third kappa shape index (κ3) is 5.55. The van der Waals surface area contributed by atoms with Gasteiger partial charge in [0.1, 0.15) is 0 Å². The Morgan fingerprint density at radius 2 is 0.667 bits per heavy atom. The lowest BCUT2D eigenvalue weighted by atomic mass is 9.82. The van der Waals surface area contributed by atoms with Crippen molar-refractivity contribution in [1.29, 1.82) is 0 Å². The maximum absolute atomic E-state index is 15.1. The van der Waals surface area contributed by atoms with Gasteiger partial charge in [-0.15, -0.1) is 0 Å². The Bertz CT molecular complexity index is 3580. The number of fused-ring (bicyclic) bond motifs is 8. The van der Waals surface area contributed by atoms with E-state index in [4.69, 9.17) is 0 Å². The van der Waals surface area contributed by atoms with Crippen molar-refractivity contribution in [3.8, 4) is 44.5 Å². The standard InChI is InChI=1S/C54H28F6/c55-48-25-33(26-49(56)53(48)59)29-17-18-38-35(19-29)24-45-44(43-20-30-9-1-3-11-36(30)39-13-5-7-15-41(39)43)22-32(34-27-50(57)54(60)51(58)28-34)23-47(45)52(38)46-21-31-10-2-4-12-37(31)40-14-6-8-16-42(40)46/h1-28H. The zero-order valence-corrected chi connectivity index (χ0v) is 31.4. The van der Waals surface area contributed by atoms with E-state index in [2.05, 4.69) is 48.5 Å². The van der Waals surface area contributed by atoms with E-state index in [0.717, 1.165) is 111 Å². The van der Waals surface area contributed by atoms with Gasteiger partial charge in [0.2, 0.25) is 0 Å². The van der Waals surface area contributed by atoms with Crippen LogP contribution in [-0.2, 0) is 0 Å². The lowest BCUT2D eigenvalue weighted by Gasteiger charge is -2.21. The van der Waals surface area contributed by atoms with Gasteiger partial charge in [-0.1, -0.05) is 109 Å². The highest BCUT2D eigenvalue weighted by Gasteiger charge is 2.22. The van der Waals surface area contributed by atoms with Gasteiger partial charge in [-0.25, -0.2) is 26.3 Å². The molecule has 0 saturated carbocycles. The van der Waals surface area contributed by atoms with E-state index in [1.165, 1.54) is 0 Å². The fourth-order valence-corrected chi connectivity index (χ4v) is 9.07. The molecule has 0 aliphatic heterocycles. The van der Waals surface area contributed by atoms with Crippen molar-refractivity contribution in [2.75, 3.05) is 0 Å². The molecule has 60 heavy (non-hydrogen) atoms. The SMILES string of the molecule is Fc1cc(-c2ccc3c(-c4cc5ccccc5c5ccccc45)c4cc(-c5cc(F)c(F)c(F)c5)cc(-c5cc6ccccc6c6ccccc56)c4cc3c2)cc(F)c1F. The first-order valence-corrected chi connectivity index (χ1v) is 19.4. The molecule has 0 radical (unpaired) electrons. The van der Waals surface area contributed by atoms with Crippen LogP contribution in [0.2, 0.25) is 0 Å². The molecule has 0 spiro atoms. The molecule has 0 aromatic heterocycles. The molecule has 0 N–H and O–H groups in total. The smallest absolute Gasteiger partial charge is 0.194 e. The second kappa shape index (κ2) is 13.6. The average molecular weight is 791 g/mol. The molecule has 0 unspecified atom stereocenters. The molecule has 11 rings (SSSR count). The predicted octanol–water partition coefficient (Wildman–Crippen LogP) is 16.1. The van der Waals surface area contributed by atoms with E-state index in [1.807, 2.05) is 91.0 Å². The van der Waals surface area contributed by atoms with Crippen molar-refractivity contribution in [1.82, 2.24) is 0 Å². The van der Waals surface area contributed by atoms with Crippen LogP contribution in [0.15, 0.2) is 170 Å². The van der Waals surface area contributed by atoms with Crippen molar-refractivity contribution >= 4 is 64.6 Å². The van der Waals surface area contributed by atoms with Gasteiger partial charge in [-0.2, -0.15) is 0 Å². The molecule has 11 aromatic rings. The third-order valence-corrected chi connectivity index (χ3v) is 11.8. The van der Waals surface area contributed by atoms with Crippen LogP contribution in [0.25, 0.3) is 109 Å². The van der Waals surface area contributed by atoms with Crippen LogP contribution in [0.5, 0.6) is 0 Å². The third-order valence-electron chi connectivity index (χ3n) is 11.8. The number of benzene rings is 11.